The number of rotatable bonds is 14. The number of hydrogen-bond donors (Lipinski definition) is 2. The van der Waals surface area contributed by atoms with E-state index in [1.54, 1.807) is 12.1 Å². The highest BCUT2D eigenvalue weighted by Crippen LogP contribution is 2.44. The van der Waals surface area contributed by atoms with Crippen LogP contribution in [-0.2, 0) is 27.2 Å². The maximum absolute atomic E-state index is 14.6. The molecule has 2 aromatic carbocycles. The van der Waals surface area contributed by atoms with E-state index >= 15 is 0 Å². The smallest absolute Gasteiger partial charge is 0.313 e. The largest absolute Gasteiger partial charge is 0.694 e. The molecule has 0 aliphatic heterocycles. The summed E-state index contributed by atoms with van der Waals surface area (Å²) in [7, 11) is -2.63. The normalized spacial score (nSPS) is 16.1. The van der Waals surface area contributed by atoms with Gasteiger partial charge < -0.3 is 5.32 Å². The van der Waals surface area contributed by atoms with Crippen molar-refractivity contribution in [2.24, 2.45) is 0 Å². The molecule has 0 amide bonds. The fourth-order valence-corrected chi connectivity index (χ4v) is 6.48. The average Bonchev–Trinajstić information content (AvgIpc) is 2.86. The Morgan fingerprint density at radius 2 is 1.81 bits per heavy atom. The average molecular weight is 561 g/mol. The minimum absolute atomic E-state index is 0.101. The molecule has 1 atom stereocenters. The van der Waals surface area contributed by atoms with Crippen LogP contribution in [0.3, 0.4) is 0 Å². The van der Waals surface area contributed by atoms with E-state index < -0.39 is 20.0 Å². The zero-order valence-corrected chi connectivity index (χ0v) is 22.6. The first-order valence-corrected chi connectivity index (χ1v) is 14.9. The molecule has 4 nitrogen and oxygen atoms in total. The van der Waals surface area contributed by atoms with Gasteiger partial charge in [0, 0.05) is 16.0 Å². The van der Waals surface area contributed by atoms with Crippen LogP contribution in [0.4, 0.5) is 17.6 Å². The third-order valence-electron chi connectivity index (χ3n) is 6.94. The molecule has 1 unspecified atom stereocenters. The molecule has 2 N–H and O–H groups in total. The number of benzene rings is 2. The predicted octanol–water partition coefficient (Wildman–Crippen LogP) is 8.16. The fraction of sp³-hybridized carbons (Fsp3) is 0.556. The summed E-state index contributed by atoms with van der Waals surface area (Å²) in [5.74, 6) is 0.416. The Bertz CT molecular complexity index is 1020. The van der Waals surface area contributed by atoms with Gasteiger partial charge in [-0.25, -0.2) is 4.39 Å². The molecule has 1 aliphatic carbocycles. The molecule has 1 aliphatic rings. The van der Waals surface area contributed by atoms with E-state index in [4.69, 9.17) is 4.89 Å². The Morgan fingerprint density at radius 3 is 2.51 bits per heavy atom. The van der Waals surface area contributed by atoms with Crippen molar-refractivity contribution in [3.63, 3.8) is 0 Å². The quantitative estimate of drug-likeness (QED) is 0.106. The van der Waals surface area contributed by atoms with Crippen LogP contribution < -0.4 is 5.32 Å². The van der Waals surface area contributed by atoms with Crippen molar-refractivity contribution in [2.45, 2.75) is 80.8 Å². The van der Waals surface area contributed by atoms with Crippen LogP contribution in [0, 0.1) is 5.82 Å². The number of thioether (sulfide) groups is 1. The first kappa shape index (κ1) is 30.0. The molecule has 1 saturated carbocycles. The van der Waals surface area contributed by atoms with Gasteiger partial charge in [-0.15, -0.1) is 21.2 Å². The molecule has 0 spiro atoms. The third kappa shape index (κ3) is 9.32. The van der Waals surface area contributed by atoms with Gasteiger partial charge in [-0.1, -0.05) is 49.9 Å². The van der Waals surface area contributed by atoms with Crippen molar-refractivity contribution in [1.82, 2.24) is 5.32 Å². The van der Waals surface area contributed by atoms with E-state index in [2.05, 4.69) is 9.84 Å². The van der Waals surface area contributed by atoms with E-state index in [1.807, 2.05) is 12.1 Å². The van der Waals surface area contributed by atoms with Crippen LogP contribution in [-0.4, -0.2) is 23.8 Å². The standard InChI is InChI=1S/C27H34F4NO3PS/c28-24-10-3-2-9-22(24)26(13-4-1-5-14-26)15-6-7-18-37-25-12-11-21(19-23(25)27(29,30)31)20-32-16-8-17-35-36(33)34/h2-3,9-12,19,32H,1,4-8,13-18,20H2/p+1. The number of hydrogen-bond acceptors (Lipinski definition) is 4. The lowest BCUT2D eigenvalue weighted by Crippen LogP contribution is -2.30. The van der Waals surface area contributed by atoms with E-state index in [-0.39, 0.29) is 29.3 Å². The van der Waals surface area contributed by atoms with Gasteiger partial charge in [-0.2, -0.15) is 13.2 Å². The van der Waals surface area contributed by atoms with E-state index in [0.717, 1.165) is 50.5 Å². The van der Waals surface area contributed by atoms with Crippen molar-refractivity contribution < 1.29 is 31.5 Å². The zero-order valence-electron chi connectivity index (χ0n) is 20.9. The number of nitrogens with one attached hydrogen (secondary N) is 1. The highest BCUT2D eigenvalue weighted by atomic mass is 32.2. The first-order valence-electron chi connectivity index (χ1n) is 12.8. The van der Waals surface area contributed by atoms with Gasteiger partial charge in [-0.05, 0) is 79.1 Å². The molecule has 37 heavy (non-hydrogen) atoms. The summed E-state index contributed by atoms with van der Waals surface area (Å²) in [6.07, 6.45) is 3.74. The summed E-state index contributed by atoms with van der Waals surface area (Å²) in [6.45, 7) is 0.816. The Kier molecular flexibility index (Phi) is 11.8. The number of unbranched alkanes of at least 4 members (excludes halogenated alkanes) is 1. The molecule has 2 aromatic rings. The summed E-state index contributed by atoms with van der Waals surface area (Å²) < 4.78 is 70.9. The van der Waals surface area contributed by atoms with E-state index in [9.17, 15) is 22.1 Å². The van der Waals surface area contributed by atoms with Gasteiger partial charge in [0.25, 0.3) is 0 Å². The van der Waals surface area contributed by atoms with Gasteiger partial charge in [-0.3, -0.25) is 0 Å². The van der Waals surface area contributed by atoms with Gasteiger partial charge in [0.2, 0.25) is 0 Å². The Hall–Kier alpha value is -1.51. The second-order valence-corrected chi connectivity index (χ2v) is 11.4. The maximum Gasteiger partial charge on any atom is 0.694 e. The Labute approximate surface area is 221 Å². The van der Waals surface area contributed by atoms with Crippen LogP contribution in [0.2, 0.25) is 0 Å². The van der Waals surface area contributed by atoms with Crippen LogP contribution in [0.1, 0.15) is 74.5 Å². The second-order valence-electron chi connectivity index (χ2n) is 9.56. The summed E-state index contributed by atoms with van der Waals surface area (Å²) in [4.78, 5) is 8.80. The maximum atomic E-state index is 14.6. The van der Waals surface area contributed by atoms with Crippen LogP contribution in [0.5, 0.6) is 0 Å². The Balaban J connectivity index is 1.52. The molecule has 0 heterocycles. The molecule has 0 radical (unpaired) electrons. The van der Waals surface area contributed by atoms with E-state index in [1.165, 1.54) is 36.4 Å². The van der Waals surface area contributed by atoms with Crippen molar-refractivity contribution in [3.8, 4) is 0 Å². The van der Waals surface area contributed by atoms with Gasteiger partial charge in [0.05, 0.1) is 5.56 Å². The highest BCUT2D eigenvalue weighted by Gasteiger charge is 2.36. The molecular formula is C27H35F4NO3PS+. The third-order valence-corrected chi connectivity index (χ3v) is 8.50. The van der Waals surface area contributed by atoms with Crippen LogP contribution in [0.15, 0.2) is 47.4 Å². The predicted molar refractivity (Wildman–Crippen MR) is 139 cm³/mol. The zero-order chi connectivity index (χ0) is 26.7. The summed E-state index contributed by atoms with van der Waals surface area (Å²) in [5.41, 5.74) is 0.520. The van der Waals surface area contributed by atoms with Crippen molar-refractivity contribution in [1.29, 1.82) is 0 Å². The first-order chi connectivity index (χ1) is 17.7. The Morgan fingerprint density at radius 1 is 1.05 bits per heavy atom. The minimum Gasteiger partial charge on any atom is -0.313 e. The summed E-state index contributed by atoms with van der Waals surface area (Å²) in [6, 6.07) is 11.4. The second kappa shape index (κ2) is 14.6. The van der Waals surface area contributed by atoms with Gasteiger partial charge >= 0.3 is 14.4 Å². The van der Waals surface area contributed by atoms with E-state index in [0.29, 0.717) is 24.3 Å². The molecule has 0 saturated heterocycles. The van der Waals surface area contributed by atoms with Crippen molar-refractivity contribution in [3.05, 3.63) is 65.0 Å². The molecule has 0 aromatic heterocycles. The van der Waals surface area contributed by atoms with Crippen molar-refractivity contribution in [2.75, 3.05) is 18.9 Å². The number of halogens is 4. The van der Waals surface area contributed by atoms with Crippen LogP contribution >= 0.6 is 20.0 Å². The monoisotopic (exact) mass is 560 g/mol. The number of alkyl halides is 3. The molecule has 10 heteroatoms. The van der Waals surface area contributed by atoms with Crippen LogP contribution in [0.25, 0.3) is 0 Å². The van der Waals surface area contributed by atoms with Gasteiger partial charge in [0.1, 0.15) is 12.4 Å². The lowest BCUT2D eigenvalue weighted by molar-refractivity contribution is -0.139. The topological polar surface area (TPSA) is 58.6 Å². The summed E-state index contributed by atoms with van der Waals surface area (Å²) in [5, 5.41) is 3.03. The molecule has 204 valence electrons. The molecule has 0 bridgehead atoms. The molecule has 1 fully saturated rings. The molecular weight excluding hydrogens is 525 g/mol. The lowest BCUT2D eigenvalue weighted by atomic mass is 9.66. The van der Waals surface area contributed by atoms with Gasteiger partial charge in [0.15, 0.2) is 0 Å². The SMILES string of the molecule is O=[P+](O)OCCCNCc1ccc(SCCCCC2(c3ccccc3F)CCCCC2)c(C(F)(F)F)c1. The highest BCUT2D eigenvalue weighted by molar-refractivity contribution is 7.99. The minimum atomic E-state index is -4.45. The summed E-state index contributed by atoms with van der Waals surface area (Å²) >= 11 is 1.22. The lowest BCUT2D eigenvalue weighted by Gasteiger charge is -2.38. The van der Waals surface area contributed by atoms with Crippen molar-refractivity contribution >= 4 is 20.0 Å². The fourth-order valence-electron chi connectivity index (χ4n) is 5.13. The molecule has 3 rings (SSSR count).